The summed E-state index contributed by atoms with van der Waals surface area (Å²) in [5.74, 6) is 0. The molecule has 0 saturated heterocycles. The summed E-state index contributed by atoms with van der Waals surface area (Å²) in [7, 11) is 0. The van der Waals surface area contributed by atoms with E-state index in [0.717, 1.165) is 51.4 Å². The molecule has 26 heavy (non-hydrogen) atoms. The molecule has 2 rings (SSSR count). The summed E-state index contributed by atoms with van der Waals surface area (Å²) in [6, 6.07) is 0. The molecule has 0 amide bonds. The van der Waals surface area contributed by atoms with Gasteiger partial charge in [-0.05, 0) is 77.0 Å². The highest BCUT2D eigenvalue weighted by molar-refractivity contribution is 5.61. The van der Waals surface area contributed by atoms with E-state index in [-0.39, 0.29) is 17.4 Å². The summed E-state index contributed by atoms with van der Waals surface area (Å²) in [4.78, 5) is 12.8. The number of hydrogen-bond donors (Lipinski definition) is 0. The first-order valence-electron chi connectivity index (χ1n) is 11.6. The van der Waals surface area contributed by atoms with Crippen LogP contribution in [0.3, 0.4) is 0 Å². The van der Waals surface area contributed by atoms with Crippen LogP contribution >= 0.6 is 0 Å². The second-order valence-electron chi connectivity index (χ2n) is 8.86. The van der Waals surface area contributed by atoms with Gasteiger partial charge in [-0.3, -0.25) is 0 Å². The molecule has 2 aliphatic carbocycles. The van der Waals surface area contributed by atoms with Gasteiger partial charge in [-0.25, -0.2) is 4.79 Å². The monoisotopic (exact) mass is 366 g/mol. The van der Waals surface area contributed by atoms with Crippen LogP contribution in [-0.2, 0) is 9.47 Å². The molecule has 2 fully saturated rings. The second kappa shape index (κ2) is 11.2. The molecule has 0 aliphatic heterocycles. The number of carbonyl (C=O) groups excluding carboxylic acids is 1. The topological polar surface area (TPSA) is 35.5 Å². The average Bonchev–Trinajstić information content (AvgIpc) is 2.63. The molecule has 0 spiro atoms. The highest BCUT2D eigenvalue weighted by atomic mass is 16.7. The van der Waals surface area contributed by atoms with Gasteiger partial charge in [-0.2, -0.15) is 0 Å². The van der Waals surface area contributed by atoms with Gasteiger partial charge in [0.15, 0.2) is 0 Å². The zero-order valence-corrected chi connectivity index (χ0v) is 17.5. The fraction of sp³-hybridized carbons (Fsp3) is 0.957. The number of ether oxygens (including phenoxy) is 2. The van der Waals surface area contributed by atoms with E-state index in [0.29, 0.717) is 0 Å². The molecule has 0 bridgehead atoms. The maximum atomic E-state index is 12.8. The fourth-order valence-electron chi connectivity index (χ4n) is 4.97. The molecule has 152 valence electrons. The number of rotatable bonds is 10. The summed E-state index contributed by atoms with van der Waals surface area (Å²) in [6.45, 7) is 4.46. The van der Waals surface area contributed by atoms with Crippen molar-refractivity contribution in [2.45, 2.75) is 141 Å². The minimum Gasteiger partial charge on any atom is -0.428 e. The van der Waals surface area contributed by atoms with Crippen molar-refractivity contribution < 1.29 is 14.3 Å². The van der Waals surface area contributed by atoms with Crippen LogP contribution < -0.4 is 0 Å². The first kappa shape index (κ1) is 21.6. The number of hydrogen-bond acceptors (Lipinski definition) is 3. The summed E-state index contributed by atoms with van der Waals surface area (Å²) in [5.41, 5.74) is -0.493. The lowest BCUT2D eigenvalue weighted by atomic mass is 9.80. The third kappa shape index (κ3) is 6.78. The molecule has 2 saturated carbocycles. The highest BCUT2D eigenvalue weighted by Gasteiger charge is 2.40. The van der Waals surface area contributed by atoms with Gasteiger partial charge < -0.3 is 9.47 Å². The largest absolute Gasteiger partial charge is 0.509 e. The van der Waals surface area contributed by atoms with Gasteiger partial charge in [0.25, 0.3) is 0 Å². The summed E-state index contributed by atoms with van der Waals surface area (Å²) >= 11 is 0. The quantitative estimate of drug-likeness (QED) is 0.293. The van der Waals surface area contributed by atoms with E-state index in [9.17, 15) is 4.79 Å². The van der Waals surface area contributed by atoms with Crippen LogP contribution in [-0.4, -0.2) is 17.4 Å². The van der Waals surface area contributed by atoms with Crippen LogP contribution in [0.5, 0.6) is 0 Å². The van der Waals surface area contributed by atoms with Crippen molar-refractivity contribution in [1.29, 1.82) is 0 Å². The Bertz CT molecular complexity index is 356. The lowest BCUT2D eigenvalue weighted by Crippen LogP contribution is -2.42. The Labute approximate surface area is 161 Å². The predicted octanol–water partition coefficient (Wildman–Crippen LogP) is 7.71. The Kier molecular flexibility index (Phi) is 9.28. The molecule has 0 N–H and O–H groups in total. The average molecular weight is 367 g/mol. The van der Waals surface area contributed by atoms with Gasteiger partial charge in [-0.1, -0.05) is 52.4 Å². The Morgan fingerprint density at radius 3 is 1.38 bits per heavy atom. The third-order valence-electron chi connectivity index (χ3n) is 6.60. The van der Waals surface area contributed by atoms with Crippen LogP contribution in [0.2, 0.25) is 0 Å². The smallest absolute Gasteiger partial charge is 0.428 e. The molecular formula is C23H42O3. The first-order valence-corrected chi connectivity index (χ1v) is 11.6. The molecule has 0 heterocycles. The van der Waals surface area contributed by atoms with Crippen LogP contribution in [0.4, 0.5) is 4.79 Å². The standard InChI is InChI=1S/C23H42O3/c1-3-5-9-15-22(17-11-7-12-18-22)25-21(24)26-23(16-10-6-4-2)19-13-8-14-20-23/h3-20H2,1-2H3. The molecule has 0 unspecified atom stereocenters. The molecular weight excluding hydrogens is 324 g/mol. The molecule has 0 aromatic rings. The second-order valence-corrected chi connectivity index (χ2v) is 8.86. The van der Waals surface area contributed by atoms with Crippen molar-refractivity contribution in [2.24, 2.45) is 0 Å². The van der Waals surface area contributed by atoms with Gasteiger partial charge in [-0.15, -0.1) is 0 Å². The van der Waals surface area contributed by atoms with Gasteiger partial charge >= 0.3 is 6.16 Å². The van der Waals surface area contributed by atoms with E-state index in [2.05, 4.69) is 13.8 Å². The normalized spacial score (nSPS) is 21.9. The van der Waals surface area contributed by atoms with Gasteiger partial charge in [0, 0.05) is 0 Å². The molecule has 2 aliphatic rings. The summed E-state index contributed by atoms with van der Waals surface area (Å²) < 4.78 is 12.2. The van der Waals surface area contributed by atoms with E-state index in [1.807, 2.05) is 0 Å². The fourth-order valence-corrected chi connectivity index (χ4v) is 4.97. The summed E-state index contributed by atoms with van der Waals surface area (Å²) in [5, 5.41) is 0. The Balaban J connectivity index is 1.94. The Morgan fingerprint density at radius 1 is 0.654 bits per heavy atom. The van der Waals surface area contributed by atoms with Crippen molar-refractivity contribution >= 4 is 6.16 Å². The Morgan fingerprint density at radius 2 is 1.04 bits per heavy atom. The van der Waals surface area contributed by atoms with Gasteiger partial charge in [0.05, 0.1) is 0 Å². The van der Waals surface area contributed by atoms with Crippen molar-refractivity contribution in [1.82, 2.24) is 0 Å². The van der Waals surface area contributed by atoms with E-state index >= 15 is 0 Å². The van der Waals surface area contributed by atoms with E-state index in [1.165, 1.54) is 64.2 Å². The number of unbranched alkanes of at least 4 members (excludes halogenated alkanes) is 4. The van der Waals surface area contributed by atoms with Gasteiger partial charge in [0.2, 0.25) is 0 Å². The molecule has 0 aromatic carbocycles. The lowest BCUT2D eigenvalue weighted by molar-refractivity contribution is -0.108. The molecule has 0 radical (unpaired) electrons. The SMILES string of the molecule is CCCCCC1(OC(=O)OC2(CCCCC)CCCCC2)CCCCC1. The van der Waals surface area contributed by atoms with E-state index in [4.69, 9.17) is 9.47 Å². The van der Waals surface area contributed by atoms with Gasteiger partial charge in [0.1, 0.15) is 11.2 Å². The lowest BCUT2D eigenvalue weighted by Gasteiger charge is -2.40. The van der Waals surface area contributed by atoms with Crippen molar-refractivity contribution in [2.75, 3.05) is 0 Å². The molecule has 3 heteroatoms. The van der Waals surface area contributed by atoms with Crippen LogP contribution in [0.25, 0.3) is 0 Å². The van der Waals surface area contributed by atoms with Crippen LogP contribution in [0, 0.1) is 0 Å². The van der Waals surface area contributed by atoms with Crippen LogP contribution in [0.15, 0.2) is 0 Å². The summed E-state index contributed by atoms with van der Waals surface area (Å²) in [6.07, 6.45) is 20.2. The highest BCUT2D eigenvalue weighted by Crippen LogP contribution is 2.39. The van der Waals surface area contributed by atoms with E-state index in [1.54, 1.807) is 0 Å². The molecule has 0 atom stereocenters. The van der Waals surface area contributed by atoms with E-state index < -0.39 is 0 Å². The maximum Gasteiger partial charge on any atom is 0.509 e. The third-order valence-corrected chi connectivity index (χ3v) is 6.60. The minimum absolute atomic E-state index is 0.246. The van der Waals surface area contributed by atoms with Crippen LogP contribution in [0.1, 0.15) is 129 Å². The first-order chi connectivity index (χ1) is 12.6. The van der Waals surface area contributed by atoms with Crippen molar-refractivity contribution in [3.8, 4) is 0 Å². The molecule has 3 nitrogen and oxygen atoms in total. The Hall–Kier alpha value is -0.730. The predicted molar refractivity (Wildman–Crippen MR) is 107 cm³/mol. The minimum atomic E-state index is -0.373. The van der Waals surface area contributed by atoms with Crippen molar-refractivity contribution in [3.05, 3.63) is 0 Å². The number of carbonyl (C=O) groups is 1. The maximum absolute atomic E-state index is 12.8. The van der Waals surface area contributed by atoms with Crippen molar-refractivity contribution in [3.63, 3.8) is 0 Å². The molecule has 0 aromatic heterocycles. The zero-order chi connectivity index (χ0) is 18.7. The zero-order valence-electron chi connectivity index (χ0n) is 17.5.